The second-order valence-electron chi connectivity index (χ2n) is 7.45. The lowest BCUT2D eigenvalue weighted by Gasteiger charge is -2.26. The van der Waals surface area contributed by atoms with Gasteiger partial charge in [0.25, 0.3) is 0 Å². The second-order valence-corrected chi connectivity index (χ2v) is 7.45. The summed E-state index contributed by atoms with van der Waals surface area (Å²) in [6.07, 6.45) is 5.43. The molecule has 3 atom stereocenters. The fourth-order valence-electron chi connectivity index (χ4n) is 4.15. The number of nitrogens with zero attached hydrogens (tertiary/aromatic N) is 3. The number of rotatable bonds is 5. The maximum atomic E-state index is 12.4. The number of aromatic nitrogens is 1. The molecule has 0 aromatic carbocycles. The molecule has 0 unspecified atom stereocenters. The summed E-state index contributed by atoms with van der Waals surface area (Å²) in [6, 6.07) is 6.68. The van der Waals surface area contributed by atoms with Gasteiger partial charge in [-0.1, -0.05) is 6.07 Å². The molecule has 1 aromatic rings. The molecule has 0 spiro atoms. The molecule has 1 saturated carbocycles. The zero-order chi connectivity index (χ0) is 15.8. The first-order valence-electron chi connectivity index (χ1n) is 8.82. The molecule has 4 rings (SSSR count). The summed E-state index contributed by atoms with van der Waals surface area (Å²) in [5.41, 5.74) is 1.13. The SMILES string of the molecule is CN1[C@H](C(=O)NCC2CC2)C[C@@H]2CN(Cc3ccccn3)C[C@@H]21. The van der Waals surface area contributed by atoms with E-state index in [0.717, 1.165) is 44.2 Å². The largest absolute Gasteiger partial charge is 0.354 e. The van der Waals surface area contributed by atoms with Crippen LogP contribution in [0.3, 0.4) is 0 Å². The number of hydrogen-bond donors (Lipinski definition) is 1. The highest BCUT2D eigenvalue weighted by Gasteiger charge is 2.47. The molecular formula is C18H26N4O. The van der Waals surface area contributed by atoms with E-state index in [1.807, 2.05) is 18.3 Å². The Labute approximate surface area is 138 Å². The van der Waals surface area contributed by atoms with Crippen molar-refractivity contribution >= 4 is 5.91 Å². The van der Waals surface area contributed by atoms with Crippen molar-refractivity contribution in [1.29, 1.82) is 0 Å². The van der Waals surface area contributed by atoms with Gasteiger partial charge in [0.2, 0.25) is 5.91 Å². The molecule has 0 bridgehead atoms. The van der Waals surface area contributed by atoms with Crippen LogP contribution in [0.2, 0.25) is 0 Å². The number of likely N-dealkylation sites (tertiary alicyclic amines) is 2. The highest BCUT2D eigenvalue weighted by Crippen LogP contribution is 2.35. The lowest BCUT2D eigenvalue weighted by Crippen LogP contribution is -2.46. The van der Waals surface area contributed by atoms with Crippen LogP contribution in [0.15, 0.2) is 24.4 Å². The third-order valence-corrected chi connectivity index (χ3v) is 5.70. The van der Waals surface area contributed by atoms with Crippen LogP contribution in [-0.2, 0) is 11.3 Å². The smallest absolute Gasteiger partial charge is 0.237 e. The molecular weight excluding hydrogens is 288 g/mol. The lowest BCUT2D eigenvalue weighted by atomic mass is 10.0. The fraction of sp³-hybridized carbons (Fsp3) is 0.667. The fourth-order valence-corrected chi connectivity index (χ4v) is 4.15. The van der Waals surface area contributed by atoms with Gasteiger partial charge >= 0.3 is 0 Å². The molecule has 3 heterocycles. The molecule has 1 aromatic heterocycles. The summed E-state index contributed by atoms with van der Waals surface area (Å²) in [7, 11) is 2.12. The van der Waals surface area contributed by atoms with Crippen LogP contribution in [0, 0.1) is 11.8 Å². The summed E-state index contributed by atoms with van der Waals surface area (Å²) in [6.45, 7) is 3.92. The Morgan fingerprint density at radius 1 is 1.35 bits per heavy atom. The summed E-state index contributed by atoms with van der Waals surface area (Å²) >= 11 is 0. The average Bonchev–Trinajstić information content (AvgIpc) is 3.23. The lowest BCUT2D eigenvalue weighted by molar-refractivity contribution is -0.125. The van der Waals surface area contributed by atoms with Gasteiger partial charge in [-0.15, -0.1) is 0 Å². The molecule has 1 aliphatic carbocycles. The number of carbonyl (C=O) groups excluding carboxylic acids is 1. The number of likely N-dealkylation sites (N-methyl/N-ethyl adjacent to an activating group) is 1. The Balaban J connectivity index is 1.31. The molecule has 1 N–H and O–H groups in total. The van der Waals surface area contributed by atoms with Gasteiger partial charge in [-0.25, -0.2) is 0 Å². The first-order chi connectivity index (χ1) is 11.2. The molecule has 1 amide bonds. The van der Waals surface area contributed by atoms with Crippen LogP contribution in [-0.4, -0.2) is 59.5 Å². The van der Waals surface area contributed by atoms with Crippen molar-refractivity contribution in [2.75, 3.05) is 26.7 Å². The van der Waals surface area contributed by atoms with Crippen molar-refractivity contribution in [3.05, 3.63) is 30.1 Å². The second kappa shape index (κ2) is 6.21. The average molecular weight is 314 g/mol. The molecule has 124 valence electrons. The van der Waals surface area contributed by atoms with Gasteiger partial charge in [0.05, 0.1) is 11.7 Å². The molecule has 3 fully saturated rings. The normalized spacial score (nSPS) is 31.3. The van der Waals surface area contributed by atoms with E-state index in [2.05, 4.69) is 33.2 Å². The van der Waals surface area contributed by atoms with Gasteiger partial charge in [0, 0.05) is 38.4 Å². The topological polar surface area (TPSA) is 48.5 Å². The molecule has 0 radical (unpaired) electrons. The van der Waals surface area contributed by atoms with Crippen LogP contribution in [0.5, 0.6) is 0 Å². The van der Waals surface area contributed by atoms with Crippen LogP contribution >= 0.6 is 0 Å². The van der Waals surface area contributed by atoms with E-state index in [4.69, 9.17) is 0 Å². The highest BCUT2D eigenvalue weighted by molar-refractivity contribution is 5.82. The van der Waals surface area contributed by atoms with Gasteiger partial charge < -0.3 is 5.32 Å². The summed E-state index contributed by atoms with van der Waals surface area (Å²) in [4.78, 5) is 21.6. The summed E-state index contributed by atoms with van der Waals surface area (Å²) in [5, 5.41) is 3.15. The van der Waals surface area contributed by atoms with E-state index in [9.17, 15) is 4.79 Å². The van der Waals surface area contributed by atoms with E-state index in [1.54, 1.807) is 0 Å². The van der Waals surface area contributed by atoms with Crippen LogP contribution in [0.1, 0.15) is 25.0 Å². The Bertz CT molecular complexity index is 559. The Hall–Kier alpha value is -1.46. The standard InChI is InChI=1S/C18H26N4O/c1-21-16(18(23)20-9-13-5-6-13)8-14-10-22(12-17(14)21)11-15-4-2-3-7-19-15/h2-4,7,13-14,16-17H,5-6,8-12H2,1H3,(H,20,23)/t14-,16+,17+/m1/s1. The van der Waals surface area contributed by atoms with Crippen LogP contribution in [0.4, 0.5) is 0 Å². The van der Waals surface area contributed by atoms with Gasteiger partial charge in [0.1, 0.15) is 0 Å². The first-order valence-corrected chi connectivity index (χ1v) is 8.82. The van der Waals surface area contributed by atoms with Crippen molar-refractivity contribution in [1.82, 2.24) is 20.1 Å². The Morgan fingerprint density at radius 2 is 2.22 bits per heavy atom. The number of carbonyl (C=O) groups is 1. The molecule has 23 heavy (non-hydrogen) atoms. The van der Waals surface area contributed by atoms with Crippen molar-refractivity contribution in [3.8, 4) is 0 Å². The van der Waals surface area contributed by atoms with E-state index in [1.165, 1.54) is 12.8 Å². The molecule has 2 saturated heterocycles. The Kier molecular flexibility index (Phi) is 4.07. The van der Waals surface area contributed by atoms with Crippen molar-refractivity contribution in [2.45, 2.75) is 37.9 Å². The Morgan fingerprint density at radius 3 is 2.91 bits per heavy atom. The molecule has 2 aliphatic heterocycles. The van der Waals surface area contributed by atoms with Gasteiger partial charge in [0.15, 0.2) is 0 Å². The number of nitrogens with one attached hydrogen (secondary N) is 1. The zero-order valence-electron chi connectivity index (χ0n) is 13.8. The number of amides is 1. The molecule has 3 aliphatic rings. The minimum absolute atomic E-state index is 0.0701. The monoisotopic (exact) mass is 314 g/mol. The minimum Gasteiger partial charge on any atom is -0.354 e. The van der Waals surface area contributed by atoms with Crippen molar-refractivity contribution < 1.29 is 4.79 Å². The van der Waals surface area contributed by atoms with E-state index >= 15 is 0 Å². The highest BCUT2D eigenvalue weighted by atomic mass is 16.2. The quantitative estimate of drug-likeness (QED) is 0.884. The predicted octanol–water partition coefficient (Wildman–Crippen LogP) is 1.11. The maximum absolute atomic E-state index is 12.4. The van der Waals surface area contributed by atoms with Crippen molar-refractivity contribution in [3.63, 3.8) is 0 Å². The first kappa shape index (κ1) is 15.1. The molecule has 5 nitrogen and oxygen atoms in total. The third-order valence-electron chi connectivity index (χ3n) is 5.70. The van der Waals surface area contributed by atoms with E-state index in [0.29, 0.717) is 12.0 Å². The summed E-state index contributed by atoms with van der Waals surface area (Å²) in [5.74, 6) is 1.60. The van der Waals surface area contributed by atoms with Gasteiger partial charge in [-0.2, -0.15) is 0 Å². The van der Waals surface area contributed by atoms with Crippen molar-refractivity contribution in [2.24, 2.45) is 11.8 Å². The minimum atomic E-state index is 0.0701. The maximum Gasteiger partial charge on any atom is 0.237 e. The number of hydrogen-bond acceptors (Lipinski definition) is 4. The third kappa shape index (κ3) is 3.26. The van der Waals surface area contributed by atoms with Gasteiger partial charge in [-0.3, -0.25) is 19.6 Å². The van der Waals surface area contributed by atoms with Crippen LogP contribution < -0.4 is 5.32 Å². The number of fused-ring (bicyclic) bond motifs is 1. The zero-order valence-corrected chi connectivity index (χ0v) is 13.8. The summed E-state index contributed by atoms with van der Waals surface area (Å²) < 4.78 is 0. The van der Waals surface area contributed by atoms with Crippen LogP contribution in [0.25, 0.3) is 0 Å². The van der Waals surface area contributed by atoms with Gasteiger partial charge in [-0.05, 0) is 50.3 Å². The predicted molar refractivity (Wildman–Crippen MR) is 88.7 cm³/mol. The van der Waals surface area contributed by atoms with E-state index < -0.39 is 0 Å². The molecule has 5 heteroatoms. The number of pyridine rings is 1. The van der Waals surface area contributed by atoms with E-state index in [-0.39, 0.29) is 11.9 Å².